The Morgan fingerprint density at radius 1 is 1.29 bits per heavy atom. The first-order valence-corrected chi connectivity index (χ1v) is 8.91. The number of carbonyl (C=O) groups excluding carboxylic acids is 2. The van der Waals surface area contributed by atoms with E-state index in [2.05, 4.69) is 0 Å². The largest absolute Gasteiger partial charge is 0.459 e. The molecule has 1 atom stereocenters. The van der Waals surface area contributed by atoms with Gasteiger partial charge in [-0.15, -0.1) is 0 Å². The van der Waals surface area contributed by atoms with Crippen LogP contribution in [0.25, 0.3) is 0 Å². The highest BCUT2D eigenvalue weighted by Crippen LogP contribution is 2.45. The van der Waals surface area contributed by atoms with Crippen molar-refractivity contribution >= 4 is 11.8 Å². The number of carbonyl (C=O) groups is 2. The monoisotopic (exact) mass is 395 g/mol. The van der Waals surface area contributed by atoms with Crippen molar-refractivity contribution in [3.63, 3.8) is 0 Å². The molecule has 150 valence electrons. The molecule has 5 nitrogen and oxygen atoms in total. The van der Waals surface area contributed by atoms with E-state index in [4.69, 9.17) is 15.2 Å². The number of ketones is 1. The van der Waals surface area contributed by atoms with E-state index >= 15 is 0 Å². The van der Waals surface area contributed by atoms with Gasteiger partial charge in [0.1, 0.15) is 11.3 Å². The second-order valence-electron chi connectivity index (χ2n) is 7.00. The van der Waals surface area contributed by atoms with E-state index in [-0.39, 0.29) is 34.8 Å². The summed E-state index contributed by atoms with van der Waals surface area (Å²) in [4.78, 5) is 25.3. The maximum absolute atomic E-state index is 13.2. The summed E-state index contributed by atoms with van der Waals surface area (Å²) in [5.41, 5.74) is 5.23. The summed E-state index contributed by atoms with van der Waals surface area (Å²) >= 11 is 0. The number of Topliss-reactive ketones (excluding diaryl/α,β-unsaturated/α-hetero) is 1. The van der Waals surface area contributed by atoms with Crippen molar-refractivity contribution in [3.05, 3.63) is 58.2 Å². The van der Waals surface area contributed by atoms with Gasteiger partial charge in [-0.25, -0.2) is 4.79 Å². The van der Waals surface area contributed by atoms with Gasteiger partial charge < -0.3 is 15.2 Å². The molecule has 0 aromatic heterocycles. The van der Waals surface area contributed by atoms with E-state index in [0.29, 0.717) is 18.6 Å². The van der Waals surface area contributed by atoms with E-state index in [1.807, 2.05) is 0 Å². The van der Waals surface area contributed by atoms with Crippen molar-refractivity contribution in [1.29, 1.82) is 0 Å². The number of esters is 1. The minimum atomic E-state index is -4.57. The van der Waals surface area contributed by atoms with Crippen LogP contribution in [0.4, 0.5) is 13.2 Å². The fraction of sp³-hybridized carbons (Fsp3) is 0.400. The predicted octanol–water partition coefficient (Wildman–Crippen LogP) is 3.95. The van der Waals surface area contributed by atoms with Gasteiger partial charge in [0, 0.05) is 18.4 Å². The van der Waals surface area contributed by atoms with E-state index in [0.717, 1.165) is 12.1 Å². The van der Waals surface area contributed by atoms with Gasteiger partial charge in [0.25, 0.3) is 0 Å². The summed E-state index contributed by atoms with van der Waals surface area (Å²) in [5, 5.41) is 0. The molecule has 0 saturated carbocycles. The van der Waals surface area contributed by atoms with Crippen LogP contribution >= 0.6 is 0 Å². The molecule has 1 aromatic rings. The van der Waals surface area contributed by atoms with Crippen LogP contribution < -0.4 is 5.73 Å². The van der Waals surface area contributed by atoms with Crippen LogP contribution in [0.5, 0.6) is 0 Å². The number of nitrogens with two attached hydrogens (primary N) is 1. The topological polar surface area (TPSA) is 78.6 Å². The van der Waals surface area contributed by atoms with Gasteiger partial charge in [-0.3, -0.25) is 4.79 Å². The number of alkyl halides is 3. The normalized spacial score (nSPS) is 20.2. The highest BCUT2D eigenvalue weighted by molar-refractivity contribution is 6.03. The molecule has 1 aliphatic carbocycles. The molecule has 1 aromatic carbocycles. The quantitative estimate of drug-likeness (QED) is 0.784. The Labute approximate surface area is 160 Å². The SMILES string of the molecule is CC(C)OC(=O)C1=C(N)OC2=C(C(=O)CCC2)[C@@H]1c1cccc(C(F)(F)F)c1. The zero-order chi connectivity index (χ0) is 20.6. The number of benzene rings is 1. The van der Waals surface area contributed by atoms with Gasteiger partial charge in [0.2, 0.25) is 5.88 Å². The molecule has 0 bridgehead atoms. The summed E-state index contributed by atoms with van der Waals surface area (Å²) < 4.78 is 50.4. The Bertz CT molecular complexity index is 884. The molecule has 2 aliphatic rings. The molecular weight excluding hydrogens is 375 g/mol. The average Bonchev–Trinajstić information content (AvgIpc) is 2.59. The fourth-order valence-electron chi connectivity index (χ4n) is 3.46. The molecule has 8 heteroatoms. The average molecular weight is 395 g/mol. The zero-order valence-corrected chi connectivity index (χ0v) is 15.4. The molecule has 0 unspecified atom stereocenters. The highest BCUT2D eigenvalue weighted by atomic mass is 19.4. The van der Waals surface area contributed by atoms with E-state index in [1.165, 1.54) is 12.1 Å². The summed E-state index contributed by atoms with van der Waals surface area (Å²) in [6, 6.07) is 4.54. The lowest BCUT2D eigenvalue weighted by Gasteiger charge is -2.32. The van der Waals surface area contributed by atoms with E-state index in [1.54, 1.807) is 13.8 Å². The summed E-state index contributed by atoms with van der Waals surface area (Å²) in [5.74, 6) is -2.10. The van der Waals surface area contributed by atoms with E-state index in [9.17, 15) is 22.8 Å². The Kier molecular flexibility index (Phi) is 5.23. The lowest BCUT2D eigenvalue weighted by molar-refractivity contribution is -0.143. The predicted molar refractivity (Wildman–Crippen MR) is 93.6 cm³/mol. The van der Waals surface area contributed by atoms with Crippen molar-refractivity contribution in [1.82, 2.24) is 0 Å². The second-order valence-corrected chi connectivity index (χ2v) is 7.00. The van der Waals surface area contributed by atoms with Crippen LogP contribution in [0.1, 0.15) is 50.2 Å². The molecule has 0 fully saturated rings. The Morgan fingerprint density at radius 2 is 2.00 bits per heavy atom. The molecule has 28 heavy (non-hydrogen) atoms. The van der Waals surface area contributed by atoms with Crippen molar-refractivity contribution in [2.24, 2.45) is 5.73 Å². The standard InChI is InChI=1S/C20H20F3NO4/c1-10(2)27-19(26)17-15(11-5-3-6-12(9-11)20(21,22)23)16-13(25)7-4-8-14(16)28-18(17)24/h3,5-6,9-10,15H,4,7-8,24H2,1-2H3/t15-/m0/s1. The van der Waals surface area contributed by atoms with Crippen LogP contribution in [0, 0.1) is 0 Å². The molecular formula is C20H20F3NO4. The van der Waals surface area contributed by atoms with Crippen LogP contribution in [0.15, 0.2) is 47.1 Å². The maximum Gasteiger partial charge on any atom is 0.416 e. The van der Waals surface area contributed by atoms with Crippen LogP contribution in [-0.2, 0) is 25.2 Å². The molecule has 0 saturated heterocycles. The first-order valence-electron chi connectivity index (χ1n) is 8.91. The summed E-state index contributed by atoms with van der Waals surface area (Å²) in [6.07, 6.45) is -3.85. The Morgan fingerprint density at radius 3 is 2.64 bits per heavy atom. The number of allylic oxidation sites excluding steroid dienone is 2. The summed E-state index contributed by atoms with van der Waals surface area (Å²) in [6.45, 7) is 3.27. The van der Waals surface area contributed by atoms with Crippen LogP contribution in [-0.4, -0.2) is 17.9 Å². The molecule has 0 amide bonds. The summed E-state index contributed by atoms with van der Waals surface area (Å²) in [7, 11) is 0. The molecule has 0 radical (unpaired) electrons. The van der Waals surface area contributed by atoms with Gasteiger partial charge in [-0.05, 0) is 31.9 Å². The highest BCUT2D eigenvalue weighted by Gasteiger charge is 2.42. The molecule has 2 N–H and O–H groups in total. The smallest absolute Gasteiger partial charge is 0.416 e. The van der Waals surface area contributed by atoms with Gasteiger partial charge in [-0.1, -0.05) is 18.2 Å². The second kappa shape index (κ2) is 7.33. The maximum atomic E-state index is 13.2. The zero-order valence-electron chi connectivity index (χ0n) is 15.4. The van der Waals surface area contributed by atoms with Crippen molar-refractivity contribution in [2.75, 3.05) is 0 Å². The molecule has 3 rings (SSSR count). The first kappa shape index (κ1) is 20.0. The van der Waals surface area contributed by atoms with Gasteiger partial charge >= 0.3 is 12.1 Å². The van der Waals surface area contributed by atoms with E-state index < -0.39 is 29.7 Å². The Hall–Kier alpha value is -2.77. The van der Waals surface area contributed by atoms with Gasteiger partial charge in [0.15, 0.2) is 5.78 Å². The first-order chi connectivity index (χ1) is 13.1. The molecule has 1 aliphatic heterocycles. The number of rotatable bonds is 3. The van der Waals surface area contributed by atoms with Crippen molar-refractivity contribution < 1.29 is 32.2 Å². The van der Waals surface area contributed by atoms with Crippen molar-refractivity contribution in [3.8, 4) is 0 Å². The van der Waals surface area contributed by atoms with Crippen LogP contribution in [0.3, 0.4) is 0 Å². The van der Waals surface area contributed by atoms with Crippen molar-refractivity contribution in [2.45, 2.75) is 51.3 Å². The minimum Gasteiger partial charge on any atom is -0.459 e. The Balaban J connectivity index is 2.18. The van der Waals surface area contributed by atoms with Gasteiger partial charge in [0.05, 0.1) is 17.6 Å². The third kappa shape index (κ3) is 3.76. The third-order valence-electron chi connectivity index (χ3n) is 4.59. The minimum absolute atomic E-state index is 0.138. The third-order valence-corrected chi connectivity index (χ3v) is 4.59. The molecule has 1 heterocycles. The lowest BCUT2D eigenvalue weighted by atomic mass is 9.77. The number of ether oxygens (including phenoxy) is 2. The fourth-order valence-corrected chi connectivity index (χ4v) is 3.46. The number of hydrogen-bond donors (Lipinski definition) is 1. The number of hydrogen-bond acceptors (Lipinski definition) is 5. The number of halogens is 3. The lowest BCUT2D eigenvalue weighted by Crippen LogP contribution is -2.32. The molecule has 0 spiro atoms. The van der Waals surface area contributed by atoms with Gasteiger partial charge in [-0.2, -0.15) is 13.2 Å². The van der Waals surface area contributed by atoms with Crippen LogP contribution in [0.2, 0.25) is 0 Å².